The quantitative estimate of drug-likeness (QED) is 0.876. The first-order chi connectivity index (χ1) is 9.33. The zero-order valence-corrected chi connectivity index (χ0v) is 11.2. The molecule has 2 fully saturated rings. The Labute approximate surface area is 113 Å². The first-order valence-electron chi connectivity index (χ1n) is 7.15. The highest BCUT2D eigenvalue weighted by atomic mass is 16.7. The average Bonchev–Trinajstić information content (AvgIpc) is 2.85. The summed E-state index contributed by atoms with van der Waals surface area (Å²) in [4.78, 5) is 2.54. The fourth-order valence-electron chi connectivity index (χ4n) is 3.59. The van der Waals surface area contributed by atoms with Crippen LogP contribution in [0.15, 0.2) is 18.2 Å². The van der Waals surface area contributed by atoms with Gasteiger partial charge in [0.25, 0.3) is 0 Å². The van der Waals surface area contributed by atoms with Gasteiger partial charge < -0.3 is 14.8 Å². The van der Waals surface area contributed by atoms with E-state index in [-0.39, 0.29) is 0 Å². The van der Waals surface area contributed by atoms with Crippen LogP contribution in [0.5, 0.6) is 11.5 Å². The summed E-state index contributed by atoms with van der Waals surface area (Å²) in [5.41, 5.74) is 1.94. The molecule has 0 saturated carbocycles. The Morgan fingerprint density at radius 3 is 2.74 bits per heavy atom. The molecule has 1 N–H and O–H groups in total. The minimum Gasteiger partial charge on any atom is -0.454 e. The van der Waals surface area contributed by atoms with Gasteiger partial charge in [-0.3, -0.25) is 4.90 Å². The molecule has 0 unspecified atom stereocenters. The standard InChI is InChI=1S/C15H20N2O2/c1-2-13-14(19-11-18-13)7-12(1)8-17-9-15(10-17)3-5-16-6-4-15/h1-2,7,16H,3-6,8-11H2. The highest BCUT2D eigenvalue weighted by molar-refractivity contribution is 5.44. The number of piperidine rings is 1. The highest BCUT2D eigenvalue weighted by Crippen LogP contribution is 2.40. The third kappa shape index (κ3) is 2.09. The summed E-state index contributed by atoms with van der Waals surface area (Å²) in [5.74, 6) is 1.77. The van der Waals surface area contributed by atoms with E-state index in [1.54, 1.807) is 0 Å². The normalized spacial score (nSPS) is 24.4. The molecule has 1 aromatic carbocycles. The number of fused-ring (bicyclic) bond motifs is 1. The first-order valence-corrected chi connectivity index (χ1v) is 7.15. The van der Waals surface area contributed by atoms with Crippen molar-refractivity contribution in [2.45, 2.75) is 19.4 Å². The number of rotatable bonds is 2. The topological polar surface area (TPSA) is 33.7 Å². The lowest BCUT2D eigenvalue weighted by molar-refractivity contribution is -0.0282. The van der Waals surface area contributed by atoms with Gasteiger partial charge in [-0.05, 0) is 49.0 Å². The van der Waals surface area contributed by atoms with Gasteiger partial charge in [0.05, 0.1) is 0 Å². The Hall–Kier alpha value is -1.26. The minimum absolute atomic E-state index is 0.360. The molecule has 3 aliphatic rings. The van der Waals surface area contributed by atoms with Gasteiger partial charge in [0, 0.05) is 19.6 Å². The Bertz CT molecular complexity index is 475. The molecule has 0 bridgehead atoms. The second kappa shape index (κ2) is 4.39. The van der Waals surface area contributed by atoms with Crippen molar-refractivity contribution in [1.82, 2.24) is 10.2 Å². The van der Waals surface area contributed by atoms with Crippen molar-refractivity contribution in [2.24, 2.45) is 5.41 Å². The van der Waals surface area contributed by atoms with Crippen molar-refractivity contribution >= 4 is 0 Å². The molecule has 0 radical (unpaired) electrons. The van der Waals surface area contributed by atoms with E-state index in [0.29, 0.717) is 12.2 Å². The molecule has 0 aliphatic carbocycles. The molecule has 3 heterocycles. The summed E-state index contributed by atoms with van der Waals surface area (Å²) in [5, 5.41) is 3.45. The van der Waals surface area contributed by atoms with Gasteiger partial charge in [-0.25, -0.2) is 0 Å². The van der Waals surface area contributed by atoms with Crippen LogP contribution < -0.4 is 14.8 Å². The largest absolute Gasteiger partial charge is 0.454 e. The summed E-state index contributed by atoms with van der Waals surface area (Å²) < 4.78 is 10.8. The van der Waals surface area contributed by atoms with Crippen molar-refractivity contribution in [2.75, 3.05) is 33.0 Å². The van der Waals surface area contributed by atoms with Crippen LogP contribution in [-0.2, 0) is 6.54 Å². The lowest BCUT2D eigenvalue weighted by Crippen LogP contribution is -2.59. The Morgan fingerprint density at radius 1 is 1.11 bits per heavy atom. The third-order valence-electron chi connectivity index (χ3n) is 4.63. The van der Waals surface area contributed by atoms with Crippen LogP contribution in [-0.4, -0.2) is 37.9 Å². The molecular weight excluding hydrogens is 240 g/mol. The summed E-state index contributed by atoms with van der Waals surface area (Å²) in [6.45, 7) is 6.28. The van der Waals surface area contributed by atoms with Crippen LogP contribution in [0.2, 0.25) is 0 Å². The summed E-state index contributed by atoms with van der Waals surface area (Å²) >= 11 is 0. The number of hydrogen-bond donors (Lipinski definition) is 1. The molecule has 4 rings (SSSR count). The van der Waals surface area contributed by atoms with Crippen LogP contribution in [0.1, 0.15) is 18.4 Å². The molecule has 2 saturated heterocycles. The summed E-state index contributed by atoms with van der Waals surface area (Å²) in [7, 11) is 0. The van der Waals surface area contributed by atoms with Gasteiger partial charge >= 0.3 is 0 Å². The predicted molar refractivity (Wildman–Crippen MR) is 72.4 cm³/mol. The number of hydrogen-bond acceptors (Lipinski definition) is 4. The monoisotopic (exact) mass is 260 g/mol. The van der Waals surface area contributed by atoms with E-state index in [4.69, 9.17) is 9.47 Å². The van der Waals surface area contributed by atoms with Gasteiger partial charge in [0.1, 0.15) is 0 Å². The van der Waals surface area contributed by atoms with E-state index >= 15 is 0 Å². The Kier molecular flexibility index (Phi) is 2.67. The maximum atomic E-state index is 5.43. The van der Waals surface area contributed by atoms with E-state index in [1.807, 2.05) is 6.07 Å². The molecule has 1 aromatic rings. The lowest BCUT2D eigenvalue weighted by atomic mass is 9.72. The summed E-state index contributed by atoms with van der Waals surface area (Å²) in [6.07, 6.45) is 2.68. The fraction of sp³-hybridized carbons (Fsp3) is 0.600. The predicted octanol–water partition coefficient (Wildman–Crippen LogP) is 1.60. The number of benzene rings is 1. The van der Waals surface area contributed by atoms with E-state index in [2.05, 4.69) is 22.3 Å². The second-order valence-electron chi connectivity index (χ2n) is 6.08. The van der Waals surface area contributed by atoms with Crippen LogP contribution in [0.4, 0.5) is 0 Å². The van der Waals surface area contributed by atoms with Gasteiger partial charge in [-0.15, -0.1) is 0 Å². The second-order valence-corrected chi connectivity index (χ2v) is 6.08. The van der Waals surface area contributed by atoms with Crippen molar-refractivity contribution in [1.29, 1.82) is 0 Å². The van der Waals surface area contributed by atoms with Gasteiger partial charge in [0.2, 0.25) is 6.79 Å². The lowest BCUT2D eigenvalue weighted by Gasteiger charge is -2.52. The fourth-order valence-corrected chi connectivity index (χ4v) is 3.59. The molecule has 3 aliphatic heterocycles. The van der Waals surface area contributed by atoms with Crippen LogP contribution in [0.25, 0.3) is 0 Å². The van der Waals surface area contributed by atoms with Crippen molar-refractivity contribution < 1.29 is 9.47 Å². The Morgan fingerprint density at radius 2 is 1.89 bits per heavy atom. The van der Waals surface area contributed by atoms with Gasteiger partial charge in [-0.2, -0.15) is 0 Å². The van der Waals surface area contributed by atoms with E-state index in [9.17, 15) is 0 Å². The van der Waals surface area contributed by atoms with Crippen LogP contribution >= 0.6 is 0 Å². The molecule has 102 valence electrons. The van der Waals surface area contributed by atoms with E-state index in [0.717, 1.165) is 18.0 Å². The van der Waals surface area contributed by atoms with Crippen molar-refractivity contribution in [3.8, 4) is 11.5 Å². The van der Waals surface area contributed by atoms with Crippen molar-refractivity contribution in [3.63, 3.8) is 0 Å². The van der Waals surface area contributed by atoms with E-state index < -0.39 is 0 Å². The first kappa shape index (κ1) is 11.6. The highest BCUT2D eigenvalue weighted by Gasteiger charge is 2.42. The van der Waals surface area contributed by atoms with Crippen LogP contribution in [0.3, 0.4) is 0 Å². The molecule has 0 atom stereocenters. The number of ether oxygens (including phenoxy) is 2. The van der Waals surface area contributed by atoms with Gasteiger partial charge in [-0.1, -0.05) is 6.07 Å². The maximum absolute atomic E-state index is 5.43. The van der Waals surface area contributed by atoms with Crippen molar-refractivity contribution in [3.05, 3.63) is 23.8 Å². The minimum atomic E-state index is 0.360. The SMILES string of the molecule is c1cc2c(cc1CN1CC3(CCNCC3)C1)OCO2. The molecule has 19 heavy (non-hydrogen) atoms. The molecular formula is C15H20N2O2. The number of nitrogens with one attached hydrogen (secondary N) is 1. The molecule has 0 amide bonds. The molecule has 4 nitrogen and oxygen atoms in total. The average molecular weight is 260 g/mol. The van der Waals surface area contributed by atoms with Gasteiger partial charge in [0.15, 0.2) is 11.5 Å². The molecule has 0 aromatic heterocycles. The number of likely N-dealkylation sites (tertiary alicyclic amines) is 1. The summed E-state index contributed by atoms with van der Waals surface area (Å²) in [6, 6.07) is 6.30. The molecule has 1 spiro atoms. The third-order valence-corrected chi connectivity index (χ3v) is 4.63. The van der Waals surface area contributed by atoms with E-state index in [1.165, 1.54) is 44.6 Å². The Balaban J connectivity index is 1.38. The smallest absolute Gasteiger partial charge is 0.231 e. The maximum Gasteiger partial charge on any atom is 0.231 e. The zero-order chi connectivity index (χ0) is 12.7. The molecule has 4 heteroatoms. The number of nitrogens with zero attached hydrogens (tertiary/aromatic N) is 1. The zero-order valence-electron chi connectivity index (χ0n) is 11.2. The van der Waals surface area contributed by atoms with Crippen LogP contribution in [0, 0.1) is 5.41 Å².